The molecular weight excluding hydrogens is 252 g/mol. The largest absolute Gasteiger partial charge is 0.378 e. The maximum Gasteiger partial charge on any atom is 0.274 e. The average Bonchev–Trinajstić information content (AvgIpc) is 2.47. The summed E-state index contributed by atoms with van der Waals surface area (Å²) in [5, 5.41) is 14.4. The Balaban J connectivity index is 2.29. The van der Waals surface area contributed by atoms with Crippen LogP contribution in [0.5, 0.6) is 0 Å². The highest BCUT2D eigenvalue weighted by Crippen LogP contribution is 2.28. The second-order valence-electron chi connectivity index (χ2n) is 4.69. The molecule has 0 saturated carbocycles. The fourth-order valence-corrected chi connectivity index (χ4v) is 2.30. The normalized spacial score (nSPS) is 11.9. The lowest BCUT2D eigenvalue weighted by atomic mass is 10.0. The first-order valence-electron chi connectivity index (χ1n) is 6.71. The summed E-state index contributed by atoms with van der Waals surface area (Å²) in [6.45, 7) is 4.03. The SMILES string of the molecule is CCc1ccccc1NC(C)c1ccccc1[N+](=O)[O-]. The van der Waals surface area contributed by atoms with Gasteiger partial charge in [0, 0.05) is 11.8 Å². The highest BCUT2D eigenvalue weighted by molar-refractivity contribution is 5.54. The number of para-hydroxylation sites is 2. The van der Waals surface area contributed by atoms with Crippen LogP contribution in [0.25, 0.3) is 0 Å². The fourth-order valence-electron chi connectivity index (χ4n) is 2.30. The molecule has 0 bridgehead atoms. The van der Waals surface area contributed by atoms with E-state index in [9.17, 15) is 10.1 Å². The molecule has 0 fully saturated rings. The molecule has 0 heterocycles. The molecule has 1 unspecified atom stereocenters. The van der Waals surface area contributed by atoms with Gasteiger partial charge < -0.3 is 5.32 Å². The Hall–Kier alpha value is -2.36. The van der Waals surface area contributed by atoms with Crippen LogP contribution in [0.1, 0.15) is 31.0 Å². The van der Waals surface area contributed by atoms with E-state index < -0.39 is 0 Å². The molecule has 4 nitrogen and oxygen atoms in total. The molecule has 0 saturated heterocycles. The monoisotopic (exact) mass is 270 g/mol. The maximum atomic E-state index is 11.1. The van der Waals surface area contributed by atoms with Crippen LogP contribution in [0.2, 0.25) is 0 Å². The smallest absolute Gasteiger partial charge is 0.274 e. The van der Waals surface area contributed by atoms with E-state index in [1.165, 1.54) is 5.56 Å². The number of nitrogens with zero attached hydrogens (tertiary/aromatic N) is 1. The third-order valence-corrected chi connectivity index (χ3v) is 3.37. The Bertz CT molecular complexity index is 611. The minimum absolute atomic E-state index is 0.121. The third-order valence-electron chi connectivity index (χ3n) is 3.37. The summed E-state index contributed by atoms with van der Waals surface area (Å²) in [4.78, 5) is 10.7. The first kappa shape index (κ1) is 14.1. The van der Waals surface area contributed by atoms with Crippen molar-refractivity contribution < 1.29 is 4.92 Å². The van der Waals surface area contributed by atoms with Gasteiger partial charge in [0.2, 0.25) is 0 Å². The lowest BCUT2D eigenvalue weighted by Gasteiger charge is -2.18. The van der Waals surface area contributed by atoms with Crippen LogP contribution >= 0.6 is 0 Å². The number of nitro benzene ring substituents is 1. The fraction of sp³-hybridized carbons (Fsp3) is 0.250. The van der Waals surface area contributed by atoms with Gasteiger partial charge in [-0.15, -0.1) is 0 Å². The van der Waals surface area contributed by atoms with Crippen molar-refractivity contribution in [2.45, 2.75) is 26.3 Å². The number of rotatable bonds is 5. The van der Waals surface area contributed by atoms with Gasteiger partial charge in [-0.1, -0.05) is 43.3 Å². The van der Waals surface area contributed by atoms with E-state index in [2.05, 4.69) is 18.3 Å². The van der Waals surface area contributed by atoms with Crippen molar-refractivity contribution in [3.05, 3.63) is 69.8 Å². The molecule has 0 aliphatic heterocycles. The molecule has 0 radical (unpaired) electrons. The molecule has 0 aromatic heterocycles. The topological polar surface area (TPSA) is 55.2 Å². The van der Waals surface area contributed by atoms with Crippen molar-refractivity contribution >= 4 is 11.4 Å². The van der Waals surface area contributed by atoms with Crippen LogP contribution in [-0.4, -0.2) is 4.92 Å². The predicted molar refractivity (Wildman–Crippen MR) is 81.0 cm³/mol. The van der Waals surface area contributed by atoms with E-state index in [4.69, 9.17) is 0 Å². The molecule has 1 atom stereocenters. The van der Waals surface area contributed by atoms with Gasteiger partial charge in [0.25, 0.3) is 5.69 Å². The zero-order valence-electron chi connectivity index (χ0n) is 11.7. The van der Waals surface area contributed by atoms with Gasteiger partial charge in [0.15, 0.2) is 0 Å². The summed E-state index contributed by atoms with van der Waals surface area (Å²) >= 11 is 0. The third kappa shape index (κ3) is 2.96. The molecule has 1 N–H and O–H groups in total. The van der Waals surface area contributed by atoms with Crippen molar-refractivity contribution in [1.29, 1.82) is 0 Å². The lowest BCUT2D eigenvalue weighted by molar-refractivity contribution is -0.385. The Morgan fingerprint density at radius 2 is 1.80 bits per heavy atom. The number of nitro groups is 1. The van der Waals surface area contributed by atoms with E-state index >= 15 is 0 Å². The number of anilines is 1. The van der Waals surface area contributed by atoms with E-state index in [1.54, 1.807) is 18.2 Å². The summed E-state index contributed by atoms with van der Waals surface area (Å²) in [5.74, 6) is 0. The highest BCUT2D eigenvalue weighted by Gasteiger charge is 2.18. The first-order chi connectivity index (χ1) is 9.63. The first-order valence-corrected chi connectivity index (χ1v) is 6.71. The van der Waals surface area contributed by atoms with Gasteiger partial charge in [-0.05, 0) is 25.0 Å². The summed E-state index contributed by atoms with van der Waals surface area (Å²) in [6.07, 6.45) is 0.923. The molecule has 2 aromatic carbocycles. The number of benzene rings is 2. The molecule has 20 heavy (non-hydrogen) atoms. The Morgan fingerprint density at radius 1 is 1.15 bits per heavy atom. The Morgan fingerprint density at radius 3 is 2.50 bits per heavy atom. The molecule has 0 amide bonds. The van der Waals surface area contributed by atoms with Crippen molar-refractivity contribution in [2.24, 2.45) is 0 Å². The molecular formula is C16H18N2O2. The summed E-state index contributed by atoms with van der Waals surface area (Å²) in [5.41, 5.74) is 3.09. The minimum atomic E-state index is -0.334. The van der Waals surface area contributed by atoms with E-state index in [0.717, 1.165) is 12.1 Å². The van der Waals surface area contributed by atoms with Crippen molar-refractivity contribution in [3.63, 3.8) is 0 Å². The number of hydrogen-bond acceptors (Lipinski definition) is 3. The zero-order chi connectivity index (χ0) is 14.5. The molecule has 0 aliphatic rings. The second-order valence-corrected chi connectivity index (χ2v) is 4.69. The molecule has 2 aromatic rings. The molecule has 0 aliphatic carbocycles. The van der Waals surface area contributed by atoms with Crippen LogP contribution in [0.3, 0.4) is 0 Å². The van der Waals surface area contributed by atoms with E-state index in [0.29, 0.717) is 5.56 Å². The molecule has 4 heteroatoms. The Labute approximate surface area is 118 Å². The molecule has 104 valence electrons. The Kier molecular flexibility index (Phi) is 4.35. The van der Waals surface area contributed by atoms with Crippen molar-refractivity contribution in [2.75, 3.05) is 5.32 Å². The van der Waals surface area contributed by atoms with Gasteiger partial charge in [-0.3, -0.25) is 10.1 Å². The zero-order valence-corrected chi connectivity index (χ0v) is 11.7. The van der Waals surface area contributed by atoms with E-state index in [-0.39, 0.29) is 16.7 Å². The quantitative estimate of drug-likeness (QED) is 0.650. The van der Waals surface area contributed by atoms with Crippen LogP contribution in [0.4, 0.5) is 11.4 Å². The number of aryl methyl sites for hydroxylation is 1. The standard InChI is InChI=1S/C16H18N2O2/c1-3-13-8-4-6-10-15(13)17-12(2)14-9-5-7-11-16(14)18(19)20/h4-12,17H,3H2,1-2H3. The van der Waals surface area contributed by atoms with Crippen molar-refractivity contribution in [1.82, 2.24) is 0 Å². The lowest BCUT2D eigenvalue weighted by Crippen LogP contribution is -2.10. The number of nitrogens with one attached hydrogen (secondary N) is 1. The maximum absolute atomic E-state index is 11.1. The number of hydrogen-bond donors (Lipinski definition) is 1. The van der Waals surface area contributed by atoms with Gasteiger partial charge in [-0.2, -0.15) is 0 Å². The van der Waals surface area contributed by atoms with Crippen LogP contribution in [0.15, 0.2) is 48.5 Å². The summed E-state index contributed by atoms with van der Waals surface area (Å²) < 4.78 is 0. The van der Waals surface area contributed by atoms with Gasteiger partial charge in [0.1, 0.15) is 0 Å². The molecule has 0 spiro atoms. The van der Waals surface area contributed by atoms with Gasteiger partial charge in [0.05, 0.1) is 16.5 Å². The van der Waals surface area contributed by atoms with Gasteiger partial charge in [-0.25, -0.2) is 0 Å². The van der Waals surface area contributed by atoms with E-state index in [1.807, 2.05) is 31.2 Å². The molecule has 2 rings (SSSR count). The predicted octanol–water partition coefficient (Wildman–Crippen LogP) is 4.33. The van der Waals surface area contributed by atoms with Crippen LogP contribution < -0.4 is 5.32 Å². The highest BCUT2D eigenvalue weighted by atomic mass is 16.6. The summed E-state index contributed by atoms with van der Waals surface area (Å²) in [7, 11) is 0. The van der Waals surface area contributed by atoms with Crippen LogP contribution in [0, 0.1) is 10.1 Å². The second kappa shape index (κ2) is 6.19. The van der Waals surface area contributed by atoms with Gasteiger partial charge >= 0.3 is 0 Å². The van der Waals surface area contributed by atoms with Crippen LogP contribution in [-0.2, 0) is 6.42 Å². The van der Waals surface area contributed by atoms with Crippen molar-refractivity contribution in [3.8, 4) is 0 Å². The average molecular weight is 270 g/mol. The minimum Gasteiger partial charge on any atom is -0.378 e. The summed E-state index contributed by atoms with van der Waals surface area (Å²) in [6, 6.07) is 14.8.